The van der Waals surface area contributed by atoms with Gasteiger partial charge in [0.1, 0.15) is 5.82 Å². The molecule has 0 unspecified atom stereocenters. The van der Waals surface area contributed by atoms with Gasteiger partial charge in [0.25, 0.3) is 0 Å². The second kappa shape index (κ2) is 7.22. The van der Waals surface area contributed by atoms with Crippen LogP contribution in [-0.4, -0.2) is 20.3 Å². The summed E-state index contributed by atoms with van der Waals surface area (Å²) in [5.41, 5.74) is 1.32. The van der Waals surface area contributed by atoms with Crippen LogP contribution in [0.1, 0.15) is 31.4 Å². The van der Waals surface area contributed by atoms with Crippen molar-refractivity contribution in [3.05, 3.63) is 35.1 Å². The summed E-state index contributed by atoms with van der Waals surface area (Å²) in [6.07, 6.45) is 0.949. The molecular weight excluding hydrogens is 243 g/mol. The van der Waals surface area contributed by atoms with Crippen LogP contribution in [0.3, 0.4) is 0 Å². The Kier molecular flexibility index (Phi) is 5.94. The lowest BCUT2D eigenvalue weighted by molar-refractivity contribution is 0.150. The molecule has 1 rings (SSSR count). The fourth-order valence-electron chi connectivity index (χ4n) is 1.82. The van der Waals surface area contributed by atoms with Gasteiger partial charge >= 0.3 is 0 Å². The number of nitrogens with one attached hydrogen (secondary N) is 1. The van der Waals surface area contributed by atoms with E-state index in [0.29, 0.717) is 17.7 Å². The SMILES string of the molecule is COCCC(C)(C)CNCc1cc(F)ccc1C#N. The van der Waals surface area contributed by atoms with Gasteiger partial charge in [-0.15, -0.1) is 0 Å². The highest BCUT2D eigenvalue weighted by molar-refractivity contribution is 5.37. The number of methoxy groups -OCH3 is 1. The lowest BCUT2D eigenvalue weighted by atomic mass is 9.89. The predicted octanol–water partition coefficient (Wildman–Crippen LogP) is 2.85. The van der Waals surface area contributed by atoms with Crippen LogP contribution in [0, 0.1) is 22.6 Å². The van der Waals surface area contributed by atoms with Crippen molar-refractivity contribution in [2.45, 2.75) is 26.8 Å². The quantitative estimate of drug-likeness (QED) is 0.823. The topological polar surface area (TPSA) is 45.0 Å². The molecule has 0 spiro atoms. The molecule has 0 fully saturated rings. The van der Waals surface area contributed by atoms with E-state index in [4.69, 9.17) is 10.00 Å². The van der Waals surface area contributed by atoms with Crippen molar-refractivity contribution in [1.82, 2.24) is 5.32 Å². The molecule has 0 heterocycles. The maximum Gasteiger partial charge on any atom is 0.123 e. The monoisotopic (exact) mass is 264 g/mol. The van der Waals surface area contributed by atoms with Crippen molar-refractivity contribution in [2.24, 2.45) is 5.41 Å². The number of nitrogens with zero attached hydrogens (tertiary/aromatic N) is 1. The van der Waals surface area contributed by atoms with Gasteiger partial charge in [-0.1, -0.05) is 13.8 Å². The van der Waals surface area contributed by atoms with Crippen LogP contribution < -0.4 is 5.32 Å². The van der Waals surface area contributed by atoms with Crippen molar-refractivity contribution in [3.63, 3.8) is 0 Å². The zero-order valence-electron chi connectivity index (χ0n) is 11.8. The van der Waals surface area contributed by atoms with Gasteiger partial charge in [0.15, 0.2) is 0 Å². The number of hydrogen-bond acceptors (Lipinski definition) is 3. The Balaban J connectivity index is 2.53. The van der Waals surface area contributed by atoms with Crippen molar-refractivity contribution in [1.29, 1.82) is 5.26 Å². The molecule has 0 saturated carbocycles. The molecule has 0 atom stereocenters. The number of rotatable bonds is 7. The van der Waals surface area contributed by atoms with Gasteiger partial charge in [-0.3, -0.25) is 0 Å². The number of hydrogen-bond donors (Lipinski definition) is 1. The third-order valence-electron chi connectivity index (χ3n) is 3.09. The number of halogens is 1. The van der Waals surface area contributed by atoms with Crippen molar-refractivity contribution in [2.75, 3.05) is 20.3 Å². The van der Waals surface area contributed by atoms with Gasteiger partial charge < -0.3 is 10.1 Å². The van der Waals surface area contributed by atoms with E-state index >= 15 is 0 Å². The summed E-state index contributed by atoms with van der Waals surface area (Å²) in [7, 11) is 1.69. The molecule has 3 nitrogen and oxygen atoms in total. The Morgan fingerprint density at radius 3 is 2.79 bits per heavy atom. The summed E-state index contributed by atoms with van der Waals surface area (Å²) in [6.45, 7) is 6.30. The van der Waals surface area contributed by atoms with Crippen LogP contribution in [0.15, 0.2) is 18.2 Å². The molecule has 0 bridgehead atoms. The first-order valence-electron chi connectivity index (χ1n) is 6.37. The Morgan fingerprint density at radius 1 is 1.42 bits per heavy atom. The molecule has 4 heteroatoms. The molecule has 0 saturated heterocycles. The fraction of sp³-hybridized carbons (Fsp3) is 0.533. The Bertz CT molecular complexity index is 452. The maximum absolute atomic E-state index is 13.2. The lowest BCUT2D eigenvalue weighted by Gasteiger charge is -2.24. The zero-order chi connectivity index (χ0) is 14.3. The molecule has 1 aromatic carbocycles. The van der Waals surface area contributed by atoms with E-state index in [1.165, 1.54) is 18.2 Å². The summed E-state index contributed by atoms with van der Waals surface area (Å²) >= 11 is 0. The van der Waals surface area contributed by atoms with Gasteiger partial charge in [0, 0.05) is 26.8 Å². The van der Waals surface area contributed by atoms with E-state index in [1.54, 1.807) is 7.11 Å². The smallest absolute Gasteiger partial charge is 0.123 e. The molecular formula is C15H21FN2O. The van der Waals surface area contributed by atoms with E-state index in [1.807, 2.05) is 0 Å². The second-order valence-corrected chi connectivity index (χ2v) is 5.42. The molecule has 19 heavy (non-hydrogen) atoms. The summed E-state index contributed by atoms with van der Waals surface area (Å²) in [6, 6.07) is 6.31. The van der Waals surface area contributed by atoms with E-state index < -0.39 is 0 Å². The highest BCUT2D eigenvalue weighted by atomic mass is 19.1. The third kappa shape index (κ3) is 5.37. The first-order valence-corrected chi connectivity index (χ1v) is 6.37. The van der Waals surface area contributed by atoms with E-state index in [0.717, 1.165) is 19.6 Å². The summed E-state index contributed by atoms with van der Waals surface area (Å²) in [4.78, 5) is 0. The maximum atomic E-state index is 13.2. The van der Waals surface area contributed by atoms with Gasteiger partial charge in [0.05, 0.1) is 11.6 Å². The van der Waals surface area contributed by atoms with Crippen LogP contribution in [0.4, 0.5) is 4.39 Å². The van der Waals surface area contributed by atoms with Crippen LogP contribution in [0.25, 0.3) is 0 Å². The molecule has 0 radical (unpaired) electrons. The van der Waals surface area contributed by atoms with Gasteiger partial charge in [-0.05, 0) is 35.6 Å². The highest BCUT2D eigenvalue weighted by Gasteiger charge is 2.17. The van der Waals surface area contributed by atoms with Gasteiger partial charge in [-0.2, -0.15) is 5.26 Å². The summed E-state index contributed by atoms with van der Waals surface area (Å²) < 4.78 is 18.2. The predicted molar refractivity (Wildman–Crippen MR) is 73.1 cm³/mol. The largest absolute Gasteiger partial charge is 0.385 e. The summed E-state index contributed by atoms with van der Waals surface area (Å²) in [5, 5.41) is 12.2. The molecule has 1 aromatic rings. The molecule has 0 amide bonds. The van der Waals surface area contributed by atoms with Gasteiger partial charge in [-0.25, -0.2) is 4.39 Å². The van der Waals surface area contributed by atoms with Crippen molar-refractivity contribution in [3.8, 4) is 6.07 Å². The molecule has 104 valence electrons. The number of benzene rings is 1. The third-order valence-corrected chi connectivity index (χ3v) is 3.09. The Morgan fingerprint density at radius 2 is 2.16 bits per heavy atom. The fourth-order valence-corrected chi connectivity index (χ4v) is 1.82. The first kappa shape index (κ1) is 15.6. The molecule has 0 aliphatic rings. The highest BCUT2D eigenvalue weighted by Crippen LogP contribution is 2.19. The van der Waals surface area contributed by atoms with Crippen LogP contribution >= 0.6 is 0 Å². The van der Waals surface area contributed by atoms with E-state index in [-0.39, 0.29) is 11.2 Å². The zero-order valence-corrected chi connectivity index (χ0v) is 11.8. The molecule has 0 aliphatic carbocycles. The number of ether oxygens (including phenoxy) is 1. The first-order chi connectivity index (χ1) is 8.98. The van der Waals surface area contributed by atoms with Gasteiger partial charge in [0.2, 0.25) is 0 Å². The standard InChI is InChI=1S/C15H21FN2O/c1-15(2,6-7-19-3)11-18-10-13-8-14(16)5-4-12(13)9-17/h4-5,8,18H,6-7,10-11H2,1-3H3. The normalized spacial score (nSPS) is 11.3. The van der Waals surface area contributed by atoms with Crippen LogP contribution in [0.5, 0.6) is 0 Å². The lowest BCUT2D eigenvalue weighted by Crippen LogP contribution is -2.30. The summed E-state index contributed by atoms with van der Waals surface area (Å²) in [5.74, 6) is -0.311. The van der Waals surface area contributed by atoms with Crippen LogP contribution in [-0.2, 0) is 11.3 Å². The van der Waals surface area contributed by atoms with Crippen molar-refractivity contribution < 1.29 is 9.13 Å². The molecule has 1 N–H and O–H groups in total. The Hall–Kier alpha value is -1.44. The average molecular weight is 264 g/mol. The van der Waals surface area contributed by atoms with E-state index in [9.17, 15) is 4.39 Å². The second-order valence-electron chi connectivity index (χ2n) is 5.42. The minimum Gasteiger partial charge on any atom is -0.385 e. The minimum atomic E-state index is -0.311. The Labute approximate surface area is 114 Å². The van der Waals surface area contributed by atoms with E-state index in [2.05, 4.69) is 25.2 Å². The minimum absolute atomic E-state index is 0.107. The average Bonchev–Trinajstić information content (AvgIpc) is 2.36. The van der Waals surface area contributed by atoms with Crippen LogP contribution in [0.2, 0.25) is 0 Å². The molecule has 0 aromatic heterocycles. The van der Waals surface area contributed by atoms with Crippen molar-refractivity contribution >= 4 is 0 Å². The molecule has 0 aliphatic heterocycles. The number of nitriles is 1.